The molecule has 0 aromatic heterocycles. The standard InChI is InChI=1S/C26H23ClN4O2/c1-25(2)12-20-22(21(32)13-25)26(17-9-4-5-10-19(17)30(3)24(26)33)18(14-28)23(29)31(20)16-8-6-7-15(27)11-16/h4-11H,12-13,29H2,1-3H3. The normalized spacial score (nSPS) is 23.7. The molecule has 0 bridgehead atoms. The molecule has 1 amide bonds. The lowest BCUT2D eigenvalue weighted by molar-refractivity contribution is -0.124. The Morgan fingerprint density at radius 1 is 1.09 bits per heavy atom. The summed E-state index contributed by atoms with van der Waals surface area (Å²) in [7, 11) is 1.67. The van der Waals surface area contributed by atoms with Crippen molar-refractivity contribution in [3.8, 4) is 6.07 Å². The maximum Gasteiger partial charge on any atom is 0.247 e. The number of hydrogen-bond acceptors (Lipinski definition) is 5. The predicted octanol–water partition coefficient (Wildman–Crippen LogP) is 4.41. The number of fused-ring (bicyclic) bond motifs is 3. The number of Topliss-reactive ketones (excluding diaryl/α,β-unsaturated/α-hetero) is 1. The third-order valence-electron chi connectivity index (χ3n) is 6.84. The van der Waals surface area contributed by atoms with Gasteiger partial charge in [0.15, 0.2) is 5.78 Å². The fourth-order valence-electron chi connectivity index (χ4n) is 5.57. The summed E-state index contributed by atoms with van der Waals surface area (Å²) in [4.78, 5) is 31.1. The summed E-state index contributed by atoms with van der Waals surface area (Å²) in [6, 6.07) is 16.6. The molecule has 1 spiro atoms. The Hall–Kier alpha value is -3.56. The highest BCUT2D eigenvalue weighted by molar-refractivity contribution is 6.31. The number of hydrogen-bond donors (Lipinski definition) is 1. The number of amides is 1. The summed E-state index contributed by atoms with van der Waals surface area (Å²) in [6.07, 6.45) is 0.787. The summed E-state index contributed by atoms with van der Waals surface area (Å²) in [6.45, 7) is 4.04. The fraction of sp³-hybridized carbons (Fsp3) is 0.269. The molecule has 6 nitrogen and oxygen atoms in total. The van der Waals surface area contributed by atoms with Gasteiger partial charge >= 0.3 is 0 Å². The molecule has 2 aromatic rings. The molecule has 33 heavy (non-hydrogen) atoms. The number of nitrogens with zero attached hydrogens (tertiary/aromatic N) is 3. The third-order valence-corrected chi connectivity index (χ3v) is 7.08. The Balaban J connectivity index is 1.92. The lowest BCUT2D eigenvalue weighted by Crippen LogP contribution is -2.53. The molecule has 0 radical (unpaired) electrons. The maximum absolute atomic E-state index is 14.0. The SMILES string of the molecule is CN1C(=O)C2(C(C#N)=C(N)N(c3cccc(Cl)c3)C3=C2C(=O)CC(C)(C)C3)c2ccccc21. The topological polar surface area (TPSA) is 90.4 Å². The van der Waals surface area contributed by atoms with E-state index < -0.39 is 5.41 Å². The van der Waals surface area contributed by atoms with Crippen LogP contribution < -0.4 is 15.5 Å². The monoisotopic (exact) mass is 458 g/mol. The number of ketones is 1. The Labute approximate surface area is 197 Å². The van der Waals surface area contributed by atoms with E-state index in [0.717, 1.165) is 0 Å². The molecule has 1 aliphatic carbocycles. The van der Waals surface area contributed by atoms with Crippen LogP contribution in [0.2, 0.25) is 5.02 Å². The fourth-order valence-corrected chi connectivity index (χ4v) is 5.76. The smallest absolute Gasteiger partial charge is 0.247 e. The minimum Gasteiger partial charge on any atom is -0.384 e. The van der Waals surface area contributed by atoms with Crippen molar-refractivity contribution < 1.29 is 9.59 Å². The van der Waals surface area contributed by atoms with Crippen LogP contribution in [-0.2, 0) is 15.0 Å². The van der Waals surface area contributed by atoms with Gasteiger partial charge in [-0.25, -0.2) is 0 Å². The number of halogens is 1. The highest BCUT2D eigenvalue weighted by Crippen LogP contribution is 2.58. The van der Waals surface area contributed by atoms with E-state index in [0.29, 0.717) is 39.7 Å². The Bertz CT molecular complexity index is 1350. The Kier molecular flexibility index (Phi) is 4.50. The number of anilines is 2. The number of nitrogens with two attached hydrogens (primary N) is 1. The second kappa shape index (κ2) is 6.97. The molecule has 2 heterocycles. The highest BCUT2D eigenvalue weighted by Gasteiger charge is 2.62. The predicted molar refractivity (Wildman–Crippen MR) is 127 cm³/mol. The van der Waals surface area contributed by atoms with Gasteiger partial charge < -0.3 is 10.6 Å². The van der Waals surface area contributed by atoms with Crippen molar-refractivity contribution in [1.29, 1.82) is 5.26 Å². The zero-order valence-electron chi connectivity index (χ0n) is 18.6. The van der Waals surface area contributed by atoms with Crippen molar-refractivity contribution >= 4 is 34.7 Å². The van der Waals surface area contributed by atoms with Crippen molar-refractivity contribution in [3.63, 3.8) is 0 Å². The van der Waals surface area contributed by atoms with Crippen molar-refractivity contribution in [1.82, 2.24) is 0 Å². The van der Waals surface area contributed by atoms with Gasteiger partial charge in [-0.2, -0.15) is 5.26 Å². The molecule has 2 aliphatic heterocycles. The number of rotatable bonds is 1. The third kappa shape index (κ3) is 2.72. The summed E-state index contributed by atoms with van der Waals surface area (Å²) < 4.78 is 0. The molecule has 2 aromatic carbocycles. The molecular formula is C26H23ClN4O2. The number of para-hydroxylation sites is 1. The number of carbonyl (C=O) groups excluding carboxylic acids is 2. The number of benzene rings is 2. The van der Waals surface area contributed by atoms with Crippen LogP contribution in [0, 0.1) is 16.7 Å². The van der Waals surface area contributed by atoms with Crippen molar-refractivity contribution in [3.05, 3.63) is 81.8 Å². The molecule has 2 N–H and O–H groups in total. The maximum atomic E-state index is 14.0. The van der Waals surface area contributed by atoms with Gasteiger partial charge in [-0.1, -0.05) is 49.7 Å². The highest BCUT2D eigenvalue weighted by atomic mass is 35.5. The van der Waals surface area contributed by atoms with Crippen LogP contribution in [0.5, 0.6) is 0 Å². The second-order valence-electron chi connectivity index (χ2n) is 9.58. The van der Waals surface area contributed by atoms with E-state index >= 15 is 0 Å². The van der Waals surface area contributed by atoms with Crippen molar-refractivity contribution in [2.75, 3.05) is 16.8 Å². The molecule has 1 unspecified atom stereocenters. The van der Waals surface area contributed by atoms with E-state index in [9.17, 15) is 14.9 Å². The van der Waals surface area contributed by atoms with Crippen molar-refractivity contribution in [2.45, 2.75) is 32.1 Å². The molecule has 1 atom stereocenters. The van der Waals surface area contributed by atoms with Crippen LogP contribution in [0.3, 0.4) is 0 Å². The minimum absolute atomic E-state index is 0.0658. The minimum atomic E-state index is -1.55. The number of allylic oxidation sites excluding steroid dienone is 1. The molecule has 166 valence electrons. The molecule has 0 saturated carbocycles. The van der Waals surface area contributed by atoms with E-state index in [4.69, 9.17) is 17.3 Å². The van der Waals surface area contributed by atoms with Crippen LogP contribution >= 0.6 is 11.6 Å². The first-order valence-electron chi connectivity index (χ1n) is 10.7. The summed E-state index contributed by atoms with van der Waals surface area (Å²) in [5.74, 6) is -0.344. The largest absolute Gasteiger partial charge is 0.384 e. The summed E-state index contributed by atoms with van der Waals surface area (Å²) >= 11 is 6.28. The average molecular weight is 459 g/mol. The average Bonchev–Trinajstić information content (AvgIpc) is 2.96. The van der Waals surface area contributed by atoms with Gasteiger partial charge in [-0.05, 0) is 36.1 Å². The van der Waals surface area contributed by atoms with Crippen LogP contribution in [0.25, 0.3) is 0 Å². The molecule has 0 saturated heterocycles. The van der Waals surface area contributed by atoms with Crippen LogP contribution in [0.15, 0.2) is 71.2 Å². The lowest BCUT2D eigenvalue weighted by Gasteiger charge is -2.46. The molecule has 5 rings (SSSR count). The van der Waals surface area contributed by atoms with Gasteiger partial charge in [-0.15, -0.1) is 0 Å². The molecule has 0 fully saturated rings. The van der Waals surface area contributed by atoms with E-state index in [1.54, 1.807) is 30.1 Å². The van der Waals surface area contributed by atoms with E-state index in [2.05, 4.69) is 6.07 Å². The van der Waals surface area contributed by atoms with Gasteiger partial charge in [0, 0.05) is 46.7 Å². The van der Waals surface area contributed by atoms with E-state index in [1.165, 1.54) is 4.90 Å². The first kappa shape index (κ1) is 21.3. The molecule has 7 heteroatoms. The van der Waals surface area contributed by atoms with E-state index in [1.807, 2.05) is 44.2 Å². The van der Waals surface area contributed by atoms with Gasteiger partial charge in [0.05, 0.1) is 5.57 Å². The first-order chi connectivity index (χ1) is 15.6. The zero-order valence-corrected chi connectivity index (χ0v) is 19.4. The number of nitriles is 1. The van der Waals surface area contributed by atoms with Crippen molar-refractivity contribution in [2.24, 2.45) is 11.1 Å². The Morgan fingerprint density at radius 3 is 2.52 bits per heavy atom. The van der Waals surface area contributed by atoms with Gasteiger partial charge in [0.2, 0.25) is 5.91 Å². The number of carbonyl (C=O) groups is 2. The quantitative estimate of drug-likeness (QED) is 0.683. The van der Waals surface area contributed by atoms with Crippen LogP contribution in [0.1, 0.15) is 32.3 Å². The summed E-state index contributed by atoms with van der Waals surface area (Å²) in [5, 5.41) is 10.9. The molecular weight excluding hydrogens is 436 g/mol. The molecule has 3 aliphatic rings. The van der Waals surface area contributed by atoms with Crippen LogP contribution in [0.4, 0.5) is 11.4 Å². The first-order valence-corrected chi connectivity index (χ1v) is 11.1. The Morgan fingerprint density at radius 2 is 1.82 bits per heavy atom. The van der Waals surface area contributed by atoms with Gasteiger partial charge in [0.25, 0.3) is 0 Å². The summed E-state index contributed by atoms with van der Waals surface area (Å²) in [5.41, 5.74) is 7.79. The number of likely N-dealkylation sites (N-methyl/N-ethyl adjacent to an activating group) is 1. The van der Waals surface area contributed by atoms with E-state index in [-0.39, 0.29) is 34.9 Å². The van der Waals surface area contributed by atoms with Gasteiger partial charge in [-0.3, -0.25) is 14.5 Å². The zero-order chi connectivity index (χ0) is 23.7. The van der Waals surface area contributed by atoms with Gasteiger partial charge in [0.1, 0.15) is 17.3 Å². The van der Waals surface area contributed by atoms with Crippen LogP contribution in [-0.4, -0.2) is 18.7 Å². The lowest BCUT2D eigenvalue weighted by atomic mass is 9.60. The second-order valence-corrected chi connectivity index (χ2v) is 10.0.